The van der Waals surface area contributed by atoms with Gasteiger partial charge in [0.25, 0.3) is 0 Å². The lowest BCUT2D eigenvalue weighted by atomic mass is 10.1. The van der Waals surface area contributed by atoms with Gasteiger partial charge in [0.1, 0.15) is 0 Å². The highest BCUT2D eigenvalue weighted by atomic mass is 35.5. The highest BCUT2D eigenvalue weighted by molar-refractivity contribution is 7.18. The second-order valence-electron chi connectivity index (χ2n) is 6.29. The van der Waals surface area contributed by atoms with Crippen molar-refractivity contribution in [2.24, 2.45) is 5.92 Å². The number of thiazole rings is 1. The van der Waals surface area contributed by atoms with Crippen molar-refractivity contribution in [3.8, 4) is 0 Å². The highest BCUT2D eigenvalue weighted by Crippen LogP contribution is 2.30. The molecule has 1 fully saturated rings. The largest absolute Gasteiger partial charge is 0.326 e. The minimum Gasteiger partial charge on any atom is -0.326 e. The van der Waals surface area contributed by atoms with Crippen LogP contribution in [-0.4, -0.2) is 23.3 Å². The second-order valence-corrected chi connectivity index (χ2v) is 7.96. The van der Waals surface area contributed by atoms with E-state index >= 15 is 0 Å². The van der Waals surface area contributed by atoms with Gasteiger partial charge in [-0.1, -0.05) is 11.6 Å². The number of nitrogens with one attached hydrogen (secondary N) is 1. The van der Waals surface area contributed by atoms with Crippen LogP contribution < -0.4 is 10.2 Å². The normalized spacial score (nSPS) is 17.1. The van der Waals surface area contributed by atoms with Gasteiger partial charge in [-0.05, 0) is 49.4 Å². The van der Waals surface area contributed by atoms with E-state index in [1.165, 1.54) is 0 Å². The molecule has 7 heteroatoms. The molecular weight excluding hydrogens is 370 g/mol. The van der Waals surface area contributed by atoms with E-state index in [0.29, 0.717) is 17.3 Å². The lowest BCUT2D eigenvalue weighted by Crippen LogP contribution is -2.28. The average Bonchev–Trinajstić information content (AvgIpc) is 3.18. The molecule has 0 radical (unpaired) electrons. The van der Waals surface area contributed by atoms with Crippen LogP contribution >= 0.6 is 22.9 Å². The Balaban J connectivity index is 1.50. The summed E-state index contributed by atoms with van der Waals surface area (Å²) in [5.41, 5.74) is 2.34. The maximum atomic E-state index is 12.5. The summed E-state index contributed by atoms with van der Waals surface area (Å²) in [6.45, 7) is 2.33. The predicted octanol–water partition coefficient (Wildman–Crippen LogP) is 4.25. The number of rotatable bonds is 3. The number of anilines is 2. The third-order valence-corrected chi connectivity index (χ3v) is 5.60. The first-order valence-electron chi connectivity index (χ1n) is 8.23. The molecule has 1 N–H and O–H groups in total. The van der Waals surface area contributed by atoms with Gasteiger partial charge in [-0.15, -0.1) is 11.3 Å². The Labute approximate surface area is 159 Å². The minimum absolute atomic E-state index is 0.0486. The second kappa shape index (κ2) is 6.70. The molecule has 0 saturated carbocycles. The number of hydrogen-bond acceptors (Lipinski definition) is 4. The Hall–Kier alpha value is -2.44. The summed E-state index contributed by atoms with van der Waals surface area (Å²) in [4.78, 5) is 31.1. The zero-order chi connectivity index (χ0) is 18.3. The van der Waals surface area contributed by atoms with Gasteiger partial charge in [0.15, 0.2) is 0 Å². The fourth-order valence-corrected chi connectivity index (χ4v) is 4.04. The first-order chi connectivity index (χ1) is 12.5. The third-order valence-electron chi connectivity index (χ3n) is 4.40. The number of fused-ring (bicyclic) bond motifs is 1. The van der Waals surface area contributed by atoms with E-state index in [4.69, 9.17) is 11.6 Å². The molecular formula is C19H16ClN3O2S. The SMILES string of the molecule is Cc1nc2cc(N3CC(C(=O)Nc4ccc(Cl)cc4)CC3=O)ccc2s1. The van der Waals surface area contributed by atoms with E-state index in [1.54, 1.807) is 40.5 Å². The molecule has 132 valence electrons. The van der Waals surface area contributed by atoms with Crippen LogP contribution in [0.15, 0.2) is 42.5 Å². The summed E-state index contributed by atoms with van der Waals surface area (Å²) in [6, 6.07) is 12.7. The summed E-state index contributed by atoms with van der Waals surface area (Å²) in [6.07, 6.45) is 0.202. The predicted molar refractivity (Wildman–Crippen MR) is 105 cm³/mol. The van der Waals surface area contributed by atoms with E-state index in [0.717, 1.165) is 20.9 Å². The summed E-state index contributed by atoms with van der Waals surface area (Å²) < 4.78 is 1.09. The number of nitrogens with zero attached hydrogens (tertiary/aromatic N) is 2. The van der Waals surface area contributed by atoms with Gasteiger partial charge in [0.05, 0.1) is 21.1 Å². The van der Waals surface area contributed by atoms with E-state index in [1.807, 2.05) is 25.1 Å². The summed E-state index contributed by atoms with van der Waals surface area (Å²) in [5, 5.41) is 4.45. The molecule has 1 unspecified atom stereocenters. The molecule has 2 aromatic carbocycles. The fraction of sp³-hybridized carbons (Fsp3) is 0.211. The van der Waals surface area contributed by atoms with Crippen LogP contribution in [0.2, 0.25) is 5.02 Å². The number of carbonyl (C=O) groups is 2. The molecule has 2 amide bonds. The number of hydrogen-bond donors (Lipinski definition) is 1. The van der Waals surface area contributed by atoms with Gasteiger partial charge in [-0.3, -0.25) is 9.59 Å². The Bertz CT molecular complexity index is 1000. The monoisotopic (exact) mass is 385 g/mol. The van der Waals surface area contributed by atoms with Gasteiger partial charge < -0.3 is 10.2 Å². The maximum Gasteiger partial charge on any atom is 0.229 e. The zero-order valence-corrected chi connectivity index (χ0v) is 15.6. The van der Waals surface area contributed by atoms with Crippen LogP contribution in [0.25, 0.3) is 10.2 Å². The third kappa shape index (κ3) is 3.30. The van der Waals surface area contributed by atoms with Crippen molar-refractivity contribution >= 4 is 56.3 Å². The fourth-order valence-electron chi connectivity index (χ4n) is 3.11. The van der Waals surface area contributed by atoms with Gasteiger partial charge in [-0.2, -0.15) is 0 Å². The zero-order valence-electron chi connectivity index (χ0n) is 14.0. The van der Waals surface area contributed by atoms with E-state index in [2.05, 4.69) is 10.3 Å². The number of amides is 2. The topological polar surface area (TPSA) is 62.3 Å². The van der Waals surface area contributed by atoms with Crippen LogP contribution in [0, 0.1) is 12.8 Å². The van der Waals surface area contributed by atoms with Gasteiger partial charge >= 0.3 is 0 Å². The van der Waals surface area contributed by atoms with Crippen LogP contribution in [0.5, 0.6) is 0 Å². The molecule has 4 rings (SSSR count). The number of aromatic nitrogens is 1. The summed E-state index contributed by atoms with van der Waals surface area (Å²) in [7, 11) is 0. The molecule has 1 aromatic heterocycles. The van der Waals surface area contributed by atoms with Crippen molar-refractivity contribution in [1.29, 1.82) is 0 Å². The Morgan fingerprint density at radius 2 is 2.04 bits per heavy atom. The van der Waals surface area contributed by atoms with Crippen molar-refractivity contribution in [1.82, 2.24) is 4.98 Å². The highest BCUT2D eigenvalue weighted by Gasteiger charge is 2.35. The molecule has 0 spiro atoms. The smallest absolute Gasteiger partial charge is 0.229 e. The minimum atomic E-state index is -0.383. The molecule has 1 atom stereocenters. The van der Waals surface area contributed by atoms with Crippen LogP contribution in [0.3, 0.4) is 0 Å². The molecule has 0 bridgehead atoms. The van der Waals surface area contributed by atoms with Crippen LogP contribution in [0.4, 0.5) is 11.4 Å². The Morgan fingerprint density at radius 1 is 1.27 bits per heavy atom. The van der Waals surface area contributed by atoms with Crippen LogP contribution in [-0.2, 0) is 9.59 Å². The number of carbonyl (C=O) groups excluding carboxylic acids is 2. The van der Waals surface area contributed by atoms with Crippen molar-refractivity contribution < 1.29 is 9.59 Å². The number of benzene rings is 2. The van der Waals surface area contributed by atoms with Crippen molar-refractivity contribution in [2.75, 3.05) is 16.8 Å². The van der Waals surface area contributed by atoms with E-state index in [9.17, 15) is 9.59 Å². The molecule has 26 heavy (non-hydrogen) atoms. The van der Waals surface area contributed by atoms with E-state index in [-0.39, 0.29) is 24.2 Å². The summed E-state index contributed by atoms with van der Waals surface area (Å²) >= 11 is 7.48. The molecule has 1 aliphatic heterocycles. The van der Waals surface area contributed by atoms with Crippen molar-refractivity contribution in [2.45, 2.75) is 13.3 Å². The molecule has 2 heterocycles. The first-order valence-corrected chi connectivity index (χ1v) is 9.43. The maximum absolute atomic E-state index is 12.5. The number of aryl methyl sites for hydroxylation is 1. The molecule has 1 aliphatic rings. The Morgan fingerprint density at radius 3 is 2.81 bits per heavy atom. The van der Waals surface area contributed by atoms with Gasteiger partial charge in [0.2, 0.25) is 11.8 Å². The molecule has 0 aliphatic carbocycles. The average molecular weight is 386 g/mol. The van der Waals surface area contributed by atoms with Crippen molar-refractivity contribution in [3.63, 3.8) is 0 Å². The first kappa shape index (κ1) is 17.0. The molecule has 5 nitrogen and oxygen atoms in total. The van der Waals surface area contributed by atoms with E-state index < -0.39 is 0 Å². The van der Waals surface area contributed by atoms with Gasteiger partial charge in [0, 0.05) is 29.4 Å². The lowest BCUT2D eigenvalue weighted by Gasteiger charge is -2.16. The molecule has 3 aromatic rings. The van der Waals surface area contributed by atoms with Gasteiger partial charge in [-0.25, -0.2) is 4.98 Å². The molecule has 1 saturated heterocycles. The standard InChI is InChI=1S/C19H16ClN3O2S/c1-11-21-16-9-15(6-7-17(16)26-11)23-10-12(8-18(23)24)19(25)22-14-4-2-13(20)3-5-14/h2-7,9,12H,8,10H2,1H3,(H,22,25). The Kier molecular flexibility index (Phi) is 4.38. The lowest BCUT2D eigenvalue weighted by molar-refractivity contribution is -0.122. The summed E-state index contributed by atoms with van der Waals surface area (Å²) in [5.74, 6) is -0.590. The van der Waals surface area contributed by atoms with Crippen LogP contribution in [0.1, 0.15) is 11.4 Å². The van der Waals surface area contributed by atoms with Crippen molar-refractivity contribution in [3.05, 3.63) is 52.5 Å². The quantitative estimate of drug-likeness (QED) is 0.733. The number of halogens is 1.